The van der Waals surface area contributed by atoms with Crippen molar-refractivity contribution in [1.82, 2.24) is 5.32 Å². The predicted octanol–water partition coefficient (Wildman–Crippen LogP) is 3.77. The van der Waals surface area contributed by atoms with E-state index in [4.69, 9.17) is 4.74 Å². The molecule has 1 amide bonds. The molecule has 0 fully saturated rings. The van der Waals surface area contributed by atoms with E-state index in [0.717, 1.165) is 23.5 Å². The molecule has 0 heterocycles. The Kier molecular flexibility index (Phi) is 6.74. The first-order chi connectivity index (χ1) is 8.21. The van der Waals surface area contributed by atoms with Crippen molar-refractivity contribution in [2.24, 2.45) is 5.41 Å². The molecule has 0 aliphatic heterocycles. The summed E-state index contributed by atoms with van der Waals surface area (Å²) in [6.45, 7) is 12.1. The van der Waals surface area contributed by atoms with Crippen LogP contribution in [0.5, 0.6) is 0 Å². The largest absolute Gasteiger partial charge is 0.499 e. The van der Waals surface area contributed by atoms with E-state index in [2.05, 4.69) is 18.3 Å². The molecule has 0 rings (SSSR count). The molecule has 0 radical (unpaired) electrons. The molecular formula is C15H27NO2. The summed E-state index contributed by atoms with van der Waals surface area (Å²) in [6.07, 6.45) is 3.50. The molecule has 0 aromatic carbocycles. The summed E-state index contributed by atoms with van der Waals surface area (Å²) in [5.74, 6) is 0.761. The highest BCUT2D eigenvalue weighted by Crippen LogP contribution is 2.20. The number of nitrogens with one attached hydrogen (secondary N) is 1. The van der Waals surface area contributed by atoms with Gasteiger partial charge in [-0.1, -0.05) is 33.8 Å². The van der Waals surface area contributed by atoms with Gasteiger partial charge in [0.15, 0.2) is 0 Å². The number of allylic oxidation sites excluding steroid dienone is 3. The SMILES string of the molecule is CCC=C(C)C(NC(=O)CC(C)(C)C)=C(C)OC. The van der Waals surface area contributed by atoms with E-state index in [9.17, 15) is 4.79 Å². The summed E-state index contributed by atoms with van der Waals surface area (Å²) in [5, 5.41) is 2.96. The smallest absolute Gasteiger partial charge is 0.224 e. The molecule has 0 saturated heterocycles. The molecule has 3 heteroatoms. The molecule has 0 spiro atoms. The summed E-state index contributed by atoms with van der Waals surface area (Å²) >= 11 is 0. The van der Waals surface area contributed by atoms with Crippen LogP contribution in [0.4, 0.5) is 0 Å². The molecule has 1 N–H and O–H groups in total. The van der Waals surface area contributed by atoms with Crippen molar-refractivity contribution in [2.45, 2.75) is 54.4 Å². The number of ether oxygens (including phenoxy) is 1. The molecule has 0 bridgehead atoms. The second-order valence-corrected chi connectivity index (χ2v) is 5.72. The van der Waals surface area contributed by atoms with E-state index in [-0.39, 0.29) is 11.3 Å². The molecule has 104 valence electrons. The molecule has 0 atom stereocenters. The van der Waals surface area contributed by atoms with Crippen molar-refractivity contribution in [3.8, 4) is 0 Å². The Morgan fingerprint density at radius 2 is 1.83 bits per heavy atom. The van der Waals surface area contributed by atoms with E-state index in [1.807, 2.05) is 34.6 Å². The number of rotatable bonds is 5. The van der Waals surface area contributed by atoms with Crippen molar-refractivity contribution >= 4 is 5.91 Å². The summed E-state index contributed by atoms with van der Waals surface area (Å²) < 4.78 is 5.23. The van der Waals surface area contributed by atoms with E-state index in [0.29, 0.717) is 6.42 Å². The third kappa shape index (κ3) is 6.48. The molecule has 0 aliphatic carbocycles. The van der Waals surface area contributed by atoms with Crippen LogP contribution in [0.15, 0.2) is 23.1 Å². The average molecular weight is 253 g/mol. The maximum absolute atomic E-state index is 12.0. The van der Waals surface area contributed by atoms with Gasteiger partial charge in [-0.05, 0) is 31.3 Å². The first kappa shape index (κ1) is 16.8. The normalized spacial score (nSPS) is 14.1. The van der Waals surface area contributed by atoms with Gasteiger partial charge in [0.2, 0.25) is 5.91 Å². The number of hydrogen-bond acceptors (Lipinski definition) is 2. The molecule has 0 saturated carbocycles. The topological polar surface area (TPSA) is 38.3 Å². The van der Waals surface area contributed by atoms with E-state index in [1.165, 1.54) is 0 Å². The Hall–Kier alpha value is -1.25. The third-order valence-corrected chi connectivity index (χ3v) is 2.52. The third-order valence-electron chi connectivity index (χ3n) is 2.52. The van der Waals surface area contributed by atoms with Crippen molar-refractivity contribution in [2.75, 3.05) is 7.11 Å². The zero-order valence-corrected chi connectivity index (χ0v) is 12.8. The molecule has 3 nitrogen and oxygen atoms in total. The van der Waals surface area contributed by atoms with E-state index < -0.39 is 0 Å². The monoisotopic (exact) mass is 253 g/mol. The maximum atomic E-state index is 12.0. The Morgan fingerprint density at radius 1 is 1.28 bits per heavy atom. The van der Waals surface area contributed by atoms with Gasteiger partial charge in [-0.15, -0.1) is 0 Å². The highest BCUT2D eigenvalue weighted by Gasteiger charge is 2.18. The quantitative estimate of drug-likeness (QED) is 0.598. The summed E-state index contributed by atoms with van der Waals surface area (Å²) in [5.41, 5.74) is 1.81. The molecule has 0 unspecified atom stereocenters. The lowest BCUT2D eigenvalue weighted by Gasteiger charge is -2.19. The van der Waals surface area contributed by atoms with Crippen LogP contribution in [-0.2, 0) is 9.53 Å². The number of amides is 1. The number of carbonyl (C=O) groups excluding carboxylic acids is 1. The van der Waals surface area contributed by atoms with Gasteiger partial charge in [0.25, 0.3) is 0 Å². The van der Waals surface area contributed by atoms with Gasteiger partial charge >= 0.3 is 0 Å². The van der Waals surface area contributed by atoms with Crippen LogP contribution in [0.1, 0.15) is 54.4 Å². The minimum Gasteiger partial charge on any atom is -0.499 e. The molecule has 0 aliphatic rings. The fourth-order valence-electron chi connectivity index (χ4n) is 1.64. The van der Waals surface area contributed by atoms with Gasteiger partial charge in [-0.2, -0.15) is 0 Å². The molecule has 0 aromatic rings. The Bertz CT molecular complexity index is 346. The predicted molar refractivity (Wildman–Crippen MR) is 76.0 cm³/mol. The van der Waals surface area contributed by atoms with Gasteiger partial charge in [0.1, 0.15) is 5.76 Å². The number of methoxy groups -OCH3 is 1. The lowest BCUT2D eigenvalue weighted by molar-refractivity contribution is -0.122. The van der Waals surface area contributed by atoms with Crippen LogP contribution >= 0.6 is 0 Å². The van der Waals surface area contributed by atoms with E-state index in [1.54, 1.807) is 7.11 Å². The van der Waals surface area contributed by atoms with Crippen LogP contribution in [0.25, 0.3) is 0 Å². The lowest BCUT2D eigenvalue weighted by atomic mass is 9.92. The summed E-state index contributed by atoms with van der Waals surface area (Å²) in [6, 6.07) is 0. The number of carbonyl (C=O) groups is 1. The van der Waals surface area contributed by atoms with Crippen LogP contribution in [0.2, 0.25) is 0 Å². The maximum Gasteiger partial charge on any atom is 0.224 e. The minimum absolute atomic E-state index is 0.0153. The highest BCUT2D eigenvalue weighted by molar-refractivity contribution is 5.79. The van der Waals surface area contributed by atoms with Crippen molar-refractivity contribution in [1.29, 1.82) is 0 Å². The Balaban J connectivity index is 4.95. The van der Waals surface area contributed by atoms with Crippen molar-refractivity contribution < 1.29 is 9.53 Å². The first-order valence-electron chi connectivity index (χ1n) is 6.43. The first-order valence-corrected chi connectivity index (χ1v) is 6.43. The fourth-order valence-corrected chi connectivity index (χ4v) is 1.64. The average Bonchev–Trinajstić information content (AvgIpc) is 2.22. The van der Waals surface area contributed by atoms with Gasteiger partial charge < -0.3 is 10.1 Å². The van der Waals surface area contributed by atoms with Crippen molar-refractivity contribution in [3.05, 3.63) is 23.1 Å². The fraction of sp³-hybridized carbons (Fsp3) is 0.667. The van der Waals surface area contributed by atoms with Crippen molar-refractivity contribution in [3.63, 3.8) is 0 Å². The van der Waals surface area contributed by atoms with E-state index >= 15 is 0 Å². The lowest BCUT2D eigenvalue weighted by Crippen LogP contribution is -2.28. The zero-order chi connectivity index (χ0) is 14.3. The van der Waals surface area contributed by atoms with Gasteiger partial charge in [0.05, 0.1) is 12.8 Å². The summed E-state index contributed by atoms with van der Waals surface area (Å²) in [7, 11) is 1.62. The standard InChI is InChI=1S/C15H27NO2/c1-8-9-11(2)14(12(3)18-7)16-13(17)10-15(4,5)6/h9H,8,10H2,1-7H3,(H,16,17). The van der Waals surface area contributed by atoms with Crippen LogP contribution in [0, 0.1) is 5.41 Å². The second kappa shape index (κ2) is 7.24. The van der Waals surface area contributed by atoms with Crippen LogP contribution < -0.4 is 5.32 Å². The number of hydrogen-bond donors (Lipinski definition) is 1. The van der Waals surface area contributed by atoms with Gasteiger partial charge in [-0.3, -0.25) is 4.79 Å². The Morgan fingerprint density at radius 3 is 2.22 bits per heavy atom. The minimum atomic E-state index is -0.0153. The molecule has 18 heavy (non-hydrogen) atoms. The zero-order valence-electron chi connectivity index (χ0n) is 12.8. The summed E-state index contributed by atoms with van der Waals surface area (Å²) in [4.78, 5) is 12.0. The molecular weight excluding hydrogens is 226 g/mol. The Labute approximate surface area is 111 Å². The van der Waals surface area contributed by atoms with Gasteiger partial charge in [0, 0.05) is 6.42 Å². The van der Waals surface area contributed by atoms with Crippen LogP contribution in [-0.4, -0.2) is 13.0 Å². The molecule has 0 aromatic heterocycles. The van der Waals surface area contributed by atoms with Gasteiger partial charge in [-0.25, -0.2) is 0 Å². The highest BCUT2D eigenvalue weighted by atomic mass is 16.5. The van der Waals surface area contributed by atoms with Crippen LogP contribution in [0.3, 0.4) is 0 Å². The second-order valence-electron chi connectivity index (χ2n) is 5.72.